The van der Waals surface area contributed by atoms with Crippen molar-refractivity contribution in [2.75, 3.05) is 5.32 Å². The van der Waals surface area contributed by atoms with E-state index in [9.17, 15) is 9.59 Å². The van der Waals surface area contributed by atoms with Crippen molar-refractivity contribution >= 4 is 45.5 Å². The molecule has 2 aromatic heterocycles. The summed E-state index contributed by atoms with van der Waals surface area (Å²) in [5, 5.41) is 6.66. The standard InChI is InChI=1S/C27H24N2O3S2/c30-21(28-19-10-9-15-4-1-2-5-16(15)13-19)14-29-26-25(34-27(29)31)23(20-6-3-11-32-20)22-17-7-8-18(12-17)24(22)33-26/h1-6,9-11,13,17-18,22-24H,7-8,12,14H2,(H,28,30). The Morgan fingerprint density at radius 3 is 2.76 bits per heavy atom. The average molecular weight is 489 g/mol. The molecular weight excluding hydrogens is 464 g/mol. The number of nitrogens with zero attached hydrogens (tertiary/aromatic N) is 1. The van der Waals surface area contributed by atoms with Crippen LogP contribution in [0.3, 0.4) is 0 Å². The van der Waals surface area contributed by atoms with Gasteiger partial charge in [0.2, 0.25) is 5.91 Å². The Morgan fingerprint density at radius 2 is 1.91 bits per heavy atom. The van der Waals surface area contributed by atoms with E-state index in [1.165, 1.54) is 30.6 Å². The van der Waals surface area contributed by atoms with Gasteiger partial charge in [0, 0.05) is 10.9 Å². The number of nitrogens with one attached hydrogen (secondary N) is 1. The zero-order chi connectivity index (χ0) is 22.8. The summed E-state index contributed by atoms with van der Waals surface area (Å²) in [4.78, 5) is 27.2. The minimum Gasteiger partial charge on any atom is -0.469 e. The predicted molar refractivity (Wildman–Crippen MR) is 136 cm³/mol. The second kappa shape index (κ2) is 7.89. The molecule has 1 aliphatic heterocycles. The minimum atomic E-state index is -0.178. The highest BCUT2D eigenvalue weighted by Crippen LogP contribution is 2.64. The molecule has 3 heterocycles. The molecule has 2 fully saturated rings. The first kappa shape index (κ1) is 20.6. The molecular formula is C27H24N2O3S2. The number of hydrogen-bond acceptors (Lipinski definition) is 5. The topological polar surface area (TPSA) is 64.2 Å². The van der Waals surface area contributed by atoms with Gasteiger partial charge in [0.05, 0.1) is 22.1 Å². The number of carbonyl (C=O) groups excluding carboxylic acids is 1. The number of thioether (sulfide) groups is 1. The molecule has 3 aliphatic rings. The summed E-state index contributed by atoms with van der Waals surface area (Å²) in [6.07, 6.45) is 5.56. The van der Waals surface area contributed by atoms with Crippen LogP contribution in [0.25, 0.3) is 10.8 Å². The fraction of sp³-hybridized carbons (Fsp3) is 0.333. The number of thiazole rings is 1. The molecule has 34 heavy (non-hydrogen) atoms. The van der Waals surface area contributed by atoms with E-state index in [1.807, 2.05) is 60.3 Å². The van der Waals surface area contributed by atoms with Crippen LogP contribution in [-0.2, 0) is 11.3 Å². The Bertz CT molecular complexity index is 1450. The molecule has 7 rings (SSSR count). The van der Waals surface area contributed by atoms with Crippen molar-refractivity contribution in [3.05, 3.63) is 81.2 Å². The van der Waals surface area contributed by atoms with E-state index >= 15 is 0 Å². The van der Waals surface area contributed by atoms with Crippen LogP contribution in [0.1, 0.15) is 35.8 Å². The molecule has 7 heteroatoms. The van der Waals surface area contributed by atoms with Crippen LogP contribution in [0, 0.1) is 17.8 Å². The van der Waals surface area contributed by atoms with Crippen molar-refractivity contribution in [3.8, 4) is 0 Å². The van der Waals surface area contributed by atoms with Gasteiger partial charge in [-0.2, -0.15) is 0 Å². The van der Waals surface area contributed by atoms with Gasteiger partial charge in [-0.25, -0.2) is 0 Å². The van der Waals surface area contributed by atoms with Gasteiger partial charge in [0.25, 0.3) is 0 Å². The number of fused-ring (bicyclic) bond motifs is 7. The van der Waals surface area contributed by atoms with E-state index in [-0.39, 0.29) is 23.2 Å². The summed E-state index contributed by atoms with van der Waals surface area (Å²) >= 11 is 3.14. The Balaban J connectivity index is 1.21. The summed E-state index contributed by atoms with van der Waals surface area (Å²) in [6, 6.07) is 17.9. The molecule has 2 aromatic carbocycles. The lowest BCUT2D eigenvalue weighted by Gasteiger charge is -2.39. The molecule has 0 radical (unpaired) electrons. The zero-order valence-corrected chi connectivity index (χ0v) is 20.1. The van der Waals surface area contributed by atoms with Gasteiger partial charge in [-0.3, -0.25) is 14.2 Å². The van der Waals surface area contributed by atoms with Crippen molar-refractivity contribution in [1.29, 1.82) is 0 Å². The second-order valence-corrected chi connectivity index (χ2v) is 11.9. The normalized spacial score (nSPS) is 27.0. The zero-order valence-electron chi connectivity index (χ0n) is 18.5. The molecule has 5 atom stereocenters. The third-order valence-corrected chi connectivity index (χ3v) is 10.7. The molecule has 5 unspecified atom stereocenters. The number of hydrogen-bond donors (Lipinski definition) is 1. The maximum atomic E-state index is 13.1. The summed E-state index contributed by atoms with van der Waals surface area (Å²) in [6.45, 7) is 0.0286. The first-order valence-electron chi connectivity index (χ1n) is 11.9. The predicted octanol–water partition coefficient (Wildman–Crippen LogP) is 5.95. The SMILES string of the molecule is O=C(Cn1c2c(sc1=O)C(c1ccco1)C1C3CCC(C3)C1S2)Nc1ccc2ccccc2c1. The molecule has 172 valence electrons. The lowest BCUT2D eigenvalue weighted by atomic mass is 9.77. The monoisotopic (exact) mass is 488 g/mol. The number of benzene rings is 2. The molecule has 4 aromatic rings. The van der Waals surface area contributed by atoms with Gasteiger partial charge in [0.1, 0.15) is 12.3 Å². The first-order valence-corrected chi connectivity index (χ1v) is 13.6. The summed E-state index contributed by atoms with van der Waals surface area (Å²) in [5.74, 6) is 2.81. The lowest BCUT2D eigenvalue weighted by molar-refractivity contribution is -0.116. The molecule has 1 N–H and O–H groups in total. The highest BCUT2D eigenvalue weighted by Gasteiger charge is 2.55. The van der Waals surface area contributed by atoms with E-state index < -0.39 is 0 Å². The van der Waals surface area contributed by atoms with Crippen molar-refractivity contribution in [1.82, 2.24) is 4.57 Å². The van der Waals surface area contributed by atoms with Gasteiger partial charge in [-0.1, -0.05) is 41.7 Å². The smallest absolute Gasteiger partial charge is 0.308 e. The third kappa shape index (κ3) is 3.21. The fourth-order valence-corrected chi connectivity index (χ4v) is 9.62. The van der Waals surface area contributed by atoms with Gasteiger partial charge in [0.15, 0.2) is 0 Å². The lowest BCUT2D eigenvalue weighted by Crippen LogP contribution is -2.34. The quantitative estimate of drug-likeness (QED) is 0.386. The maximum absolute atomic E-state index is 13.1. The van der Waals surface area contributed by atoms with Crippen LogP contribution in [-0.4, -0.2) is 15.7 Å². The van der Waals surface area contributed by atoms with E-state index in [1.54, 1.807) is 10.8 Å². The Kier molecular flexibility index (Phi) is 4.78. The average Bonchev–Trinajstić information content (AvgIpc) is 3.64. The van der Waals surface area contributed by atoms with Crippen LogP contribution in [0.4, 0.5) is 5.69 Å². The van der Waals surface area contributed by atoms with Crippen LogP contribution >= 0.6 is 23.1 Å². The molecule has 5 nitrogen and oxygen atoms in total. The highest BCUT2D eigenvalue weighted by molar-refractivity contribution is 8.00. The van der Waals surface area contributed by atoms with Gasteiger partial charge in [-0.05, 0) is 72.1 Å². The van der Waals surface area contributed by atoms with Crippen LogP contribution in [0.2, 0.25) is 0 Å². The number of furan rings is 1. The van der Waals surface area contributed by atoms with Gasteiger partial charge < -0.3 is 9.73 Å². The first-order chi connectivity index (χ1) is 16.7. The van der Waals surface area contributed by atoms with Crippen molar-refractivity contribution in [2.24, 2.45) is 17.8 Å². The Labute approximate surface area is 205 Å². The van der Waals surface area contributed by atoms with E-state index in [2.05, 4.69) is 11.4 Å². The summed E-state index contributed by atoms with van der Waals surface area (Å²) in [5.41, 5.74) is 0.745. The number of carbonyl (C=O) groups is 1. The number of amides is 1. The van der Waals surface area contributed by atoms with E-state index in [0.29, 0.717) is 23.0 Å². The largest absolute Gasteiger partial charge is 0.469 e. The third-order valence-electron chi connectivity index (χ3n) is 7.88. The summed E-state index contributed by atoms with van der Waals surface area (Å²) < 4.78 is 7.59. The second-order valence-electron chi connectivity index (χ2n) is 9.72. The maximum Gasteiger partial charge on any atom is 0.308 e. The molecule has 2 aliphatic carbocycles. The molecule has 2 saturated carbocycles. The number of rotatable bonds is 4. The Morgan fingerprint density at radius 1 is 1.06 bits per heavy atom. The number of anilines is 1. The summed E-state index contributed by atoms with van der Waals surface area (Å²) in [7, 11) is 0. The molecule has 0 saturated heterocycles. The van der Waals surface area contributed by atoms with Crippen molar-refractivity contribution in [3.63, 3.8) is 0 Å². The van der Waals surface area contributed by atoms with Crippen molar-refractivity contribution < 1.29 is 9.21 Å². The van der Waals surface area contributed by atoms with Crippen LogP contribution in [0.5, 0.6) is 0 Å². The van der Waals surface area contributed by atoms with E-state index in [0.717, 1.165) is 32.1 Å². The van der Waals surface area contributed by atoms with Crippen LogP contribution < -0.4 is 10.2 Å². The van der Waals surface area contributed by atoms with Gasteiger partial charge >= 0.3 is 4.87 Å². The van der Waals surface area contributed by atoms with Crippen molar-refractivity contribution in [2.45, 2.75) is 42.0 Å². The van der Waals surface area contributed by atoms with Gasteiger partial charge in [-0.15, -0.1) is 11.8 Å². The number of aromatic nitrogens is 1. The van der Waals surface area contributed by atoms with E-state index in [4.69, 9.17) is 4.42 Å². The highest BCUT2D eigenvalue weighted by atomic mass is 32.2. The molecule has 0 spiro atoms. The fourth-order valence-electron chi connectivity index (χ4n) is 6.49. The molecule has 2 bridgehead atoms. The van der Waals surface area contributed by atoms with Crippen LogP contribution in [0.15, 0.2) is 75.1 Å². The minimum absolute atomic E-state index is 0.0286. The Hall–Kier alpha value is -2.77. The molecule has 1 amide bonds.